The van der Waals surface area contributed by atoms with Crippen molar-refractivity contribution in [3.8, 4) is 0 Å². The third kappa shape index (κ3) is 2.77. The van der Waals surface area contributed by atoms with Gasteiger partial charge in [-0.1, -0.05) is 11.6 Å². The Morgan fingerprint density at radius 3 is 2.79 bits per heavy atom. The van der Waals surface area contributed by atoms with E-state index in [9.17, 15) is 9.90 Å². The third-order valence-corrected chi connectivity index (χ3v) is 4.42. The fourth-order valence-corrected chi connectivity index (χ4v) is 2.97. The van der Waals surface area contributed by atoms with Gasteiger partial charge in [0, 0.05) is 25.7 Å². The average Bonchev–Trinajstić information content (AvgIpc) is 2.56. The standard InChI is InChI=1S/C13H20ClN3O2/c1-9-10(11(14)16(3)15-9)7-17-6-4-5-13(2,8-17)12(18)19/h4-8H2,1-3H3,(H,18,19). The topological polar surface area (TPSA) is 58.4 Å². The molecule has 0 aromatic carbocycles. The fourth-order valence-electron chi connectivity index (χ4n) is 2.73. The Kier molecular flexibility index (Phi) is 3.87. The number of aliphatic carboxylic acids is 1. The highest BCUT2D eigenvalue weighted by Gasteiger charge is 2.38. The quantitative estimate of drug-likeness (QED) is 0.924. The number of carboxylic acids is 1. The zero-order valence-corrected chi connectivity index (χ0v) is 12.4. The third-order valence-electron chi connectivity index (χ3n) is 3.94. The summed E-state index contributed by atoms with van der Waals surface area (Å²) in [5.74, 6) is -0.716. The molecule has 1 saturated heterocycles. The van der Waals surface area contributed by atoms with Gasteiger partial charge in [-0.05, 0) is 33.2 Å². The summed E-state index contributed by atoms with van der Waals surface area (Å²) in [4.78, 5) is 13.5. The van der Waals surface area contributed by atoms with Crippen molar-refractivity contribution < 1.29 is 9.90 Å². The molecule has 2 rings (SSSR count). The highest BCUT2D eigenvalue weighted by Crippen LogP contribution is 2.31. The highest BCUT2D eigenvalue weighted by molar-refractivity contribution is 6.30. The first-order valence-corrected chi connectivity index (χ1v) is 6.85. The van der Waals surface area contributed by atoms with Crippen LogP contribution < -0.4 is 0 Å². The van der Waals surface area contributed by atoms with Gasteiger partial charge in [-0.15, -0.1) is 0 Å². The van der Waals surface area contributed by atoms with E-state index in [-0.39, 0.29) is 0 Å². The van der Waals surface area contributed by atoms with Crippen molar-refractivity contribution in [3.05, 3.63) is 16.4 Å². The zero-order chi connectivity index (χ0) is 14.2. The molecule has 1 fully saturated rings. The Morgan fingerprint density at radius 2 is 2.26 bits per heavy atom. The largest absolute Gasteiger partial charge is 0.481 e. The number of carboxylic acid groups (broad SMARTS) is 1. The molecule has 0 radical (unpaired) electrons. The molecule has 0 saturated carbocycles. The van der Waals surface area contributed by atoms with Crippen LogP contribution in [0.4, 0.5) is 0 Å². The van der Waals surface area contributed by atoms with Crippen LogP contribution >= 0.6 is 11.6 Å². The van der Waals surface area contributed by atoms with E-state index < -0.39 is 11.4 Å². The van der Waals surface area contributed by atoms with Gasteiger partial charge in [-0.3, -0.25) is 14.4 Å². The number of likely N-dealkylation sites (tertiary alicyclic amines) is 1. The molecule has 1 aromatic heterocycles. The van der Waals surface area contributed by atoms with Crippen molar-refractivity contribution in [1.82, 2.24) is 14.7 Å². The molecule has 1 aliphatic heterocycles. The Hall–Kier alpha value is -1.07. The first kappa shape index (κ1) is 14.3. The van der Waals surface area contributed by atoms with E-state index in [1.54, 1.807) is 4.68 Å². The molecule has 0 bridgehead atoms. The van der Waals surface area contributed by atoms with Crippen LogP contribution in [0.5, 0.6) is 0 Å². The van der Waals surface area contributed by atoms with Crippen molar-refractivity contribution in [2.45, 2.75) is 33.2 Å². The summed E-state index contributed by atoms with van der Waals surface area (Å²) < 4.78 is 1.66. The second-order valence-electron chi connectivity index (χ2n) is 5.66. The van der Waals surface area contributed by atoms with Crippen LogP contribution in [0.25, 0.3) is 0 Å². The number of aromatic nitrogens is 2. The molecular formula is C13H20ClN3O2. The van der Waals surface area contributed by atoms with Crippen LogP contribution in [0.1, 0.15) is 31.0 Å². The molecule has 106 valence electrons. The molecule has 1 aromatic rings. The van der Waals surface area contributed by atoms with Gasteiger partial charge in [0.1, 0.15) is 5.15 Å². The fraction of sp³-hybridized carbons (Fsp3) is 0.692. The van der Waals surface area contributed by atoms with Crippen LogP contribution in [0, 0.1) is 12.3 Å². The average molecular weight is 286 g/mol. The van der Waals surface area contributed by atoms with Crippen LogP contribution in [0.15, 0.2) is 0 Å². The first-order valence-electron chi connectivity index (χ1n) is 6.47. The molecule has 5 nitrogen and oxygen atoms in total. The molecule has 0 amide bonds. The SMILES string of the molecule is Cc1nn(C)c(Cl)c1CN1CCCC(C)(C(=O)O)C1. The molecule has 2 heterocycles. The van der Waals surface area contributed by atoms with E-state index >= 15 is 0 Å². The number of halogens is 1. The molecule has 0 spiro atoms. The zero-order valence-electron chi connectivity index (χ0n) is 11.6. The number of rotatable bonds is 3. The molecule has 1 unspecified atom stereocenters. The minimum Gasteiger partial charge on any atom is -0.481 e. The number of hydrogen-bond acceptors (Lipinski definition) is 3. The van der Waals surface area contributed by atoms with Crippen molar-refractivity contribution in [2.75, 3.05) is 13.1 Å². The van der Waals surface area contributed by atoms with Gasteiger partial charge >= 0.3 is 5.97 Å². The maximum atomic E-state index is 11.3. The maximum Gasteiger partial charge on any atom is 0.310 e. The summed E-state index contributed by atoms with van der Waals surface area (Å²) >= 11 is 6.22. The van der Waals surface area contributed by atoms with Crippen molar-refractivity contribution >= 4 is 17.6 Å². The Balaban J connectivity index is 2.13. The summed E-state index contributed by atoms with van der Waals surface area (Å²) in [6.07, 6.45) is 1.64. The van der Waals surface area contributed by atoms with Gasteiger partial charge < -0.3 is 5.11 Å². The van der Waals surface area contributed by atoms with Gasteiger partial charge in [-0.25, -0.2) is 0 Å². The maximum absolute atomic E-state index is 11.3. The lowest BCUT2D eigenvalue weighted by Gasteiger charge is -2.37. The lowest BCUT2D eigenvalue weighted by Crippen LogP contribution is -2.45. The lowest BCUT2D eigenvalue weighted by molar-refractivity contribution is -0.151. The van der Waals surface area contributed by atoms with E-state index in [0.717, 1.165) is 30.6 Å². The summed E-state index contributed by atoms with van der Waals surface area (Å²) in [6, 6.07) is 0. The number of hydrogen-bond donors (Lipinski definition) is 1. The number of carbonyl (C=O) groups is 1. The smallest absolute Gasteiger partial charge is 0.310 e. The molecule has 0 aliphatic carbocycles. The first-order chi connectivity index (χ1) is 8.83. The summed E-state index contributed by atoms with van der Waals surface area (Å²) in [5, 5.41) is 14.3. The Bertz CT molecular complexity index is 500. The minimum atomic E-state index is -0.716. The normalized spacial score (nSPS) is 24.6. The Labute approximate surface area is 118 Å². The molecule has 6 heteroatoms. The van der Waals surface area contributed by atoms with Crippen LogP contribution in [-0.2, 0) is 18.4 Å². The van der Waals surface area contributed by atoms with Gasteiger partial charge in [0.2, 0.25) is 0 Å². The number of nitrogens with zero attached hydrogens (tertiary/aromatic N) is 3. The number of piperidine rings is 1. The summed E-state index contributed by atoms with van der Waals surface area (Å²) in [7, 11) is 1.82. The molecule has 19 heavy (non-hydrogen) atoms. The predicted molar refractivity (Wildman–Crippen MR) is 73.2 cm³/mol. The van der Waals surface area contributed by atoms with Crippen LogP contribution in [0.2, 0.25) is 5.15 Å². The highest BCUT2D eigenvalue weighted by atomic mass is 35.5. The minimum absolute atomic E-state index is 0.562. The second-order valence-corrected chi connectivity index (χ2v) is 6.02. The monoisotopic (exact) mass is 285 g/mol. The van der Waals surface area contributed by atoms with E-state index in [4.69, 9.17) is 11.6 Å². The van der Waals surface area contributed by atoms with E-state index in [0.29, 0.717) is 18.2 Å². The van der Waals surface area contributed by atoms with Gasteiger partial charge in [-0.2, -0.15) is 5.10 Å². The van der Waals surface area contributed by atoms with E-state index in [2.05, 4.69) is 10.00 Å². The van der Waals surface area contributed by atoms with Crippen LogP contribution in [0.3, 0.4) is 0 Å². The predicted octanol–water partition coefficient (Wildman–Crippen LogP) is 2.07. The number of aryl methyl sites for hydroxylation is 2. The molecule has 1 aliphatic rings. The Morgan fingerprint density at radius 1 is 1.58 bits per heavy atom. The summed E-state index contributed by atoms with van der Waals surface area (Å²) in [6.45, 7) is 5.89. The van der Waals surface area contributed by atoms with Crippen molar-refractivity contribution in [3.63, 3.8) is 0 Å². The van der Waals surface area contributed by atoms with Gasteiger partial charge in [0.25, 0.3) is 0 Å². The van der Waals surface area contributed by atoms with Gasteiger partial charge in [0.15, 0.2) is 0 Å². The van der Waals surface area contributed by atoms with E-state index in [1.807, 2.05) is 20.9 Å². The molecular weight excluding hydrogens is 266 g/mol. The molecule has 1 N–H and O–H groups in total. The second kappa shape index (κ2) is 5.13. The lowest BCUT2D eigenvalue weighted by atomic mass is 9.82. The van der Waals surface area contributed by atoms with Crippen molar-refractivity contribution in [2.24, 2.45) is 12.5 Å². The van der Waals surface area contributed by atoms with Gasteiger partial charge in [0.05, 0.1) is 11.1 Å². The van der Waals surface area contributed by atoms with Crippen LogP contribution in [-0.4, -0.2) is 38.8 Å². The van der Waals surface area contributed by atoms with E-state index in [1.165, 1.54) is 0 Å². The molecule has 1 atom stereocenters. The van der Waals surface area contributed by atoms with Crippen molar-refractivity contribution in [1.29, 1.82) is 0 Å². The summed E-state index contributed by atoms with van der Waals surface area (Å²) in [5.41, 5.74) is 1.26.